The summed E-state index contributed by atoms with van der Waals surface area (Å²) in [5, 5.41) is 8.99. The highest BCUT2D eigenvalue weighted by Gasteiger charge is 2.29. The molecule has 0 bridgehead atoms. The molecule has 1 aliphatic rings. The quantitative estimate of drug-likeness (QED) is 0.858. The number of hydrogen-bond donors (Lipinski definition) is 1. The van der Waals surface area contributed by atoms with E-state index in [-0.39, 0.29) is 29.8 Å². The molecule has 1 N–H and O–H groups in total. The first kappa shape index (κ1) is 19.7. The van der Waals surface area contributed by atoms with Crippen molar-refractivity contribution in [3.63, 3.8) is 0 Å². The van der Waals surface area contributed by atoms with Gasteiger partial charge in [-0.3, -0.25) is 14.4 Å². The number of carboxylic acid groups (broad SMARTS) is 1. The number of carbonyl (C=O) groups excluding carboxylic acids is 2. The third-order valence-corrected chi connectivity index (χ3v) is 4.55. The summed E-state index contributed by atoms with van der Waals surface area (Å²) < 4.78 is 19.3. The maximum absolute atomic E-state index is 14.3. The Bertz CT molecular complexity index is 694. The molecule has 0 saturated carbocycles. The van der Waals surface area contributed by atoms with Gasteiger partial charge in [0.1, 0.15) is 6.54 Å². The van der Waals surface area contributed by atoms with Crippen LogP contribution in [0.3, 0.4) is 0 Å². The normalized spacial score (nSPS) is 17.3. The summed E-state index contributed by atoms with van der Waals surface area (Å²) in [5.41, 5.74) is -0.0586. The Kier molecular flexibility index (Phi) is 6.54. The number of ether oxygens (including phenoxy) is 1. The first-order chi connectivity index (χ1) is 12.3. The van der Waals surface area contributed by atoms with E-state index in [0.717, 1.165) is 0 Å². The van der Waals surface area contributed by atoms with Crippen LogP contribution in [0.4, 0.5) is 4.39 Å². The second-order valence-corrected chi connectivity index (χ2v) is 6.24. The van der Waals surface area contributed by atoms with E-state index < -0.39 is 17.7 Å². The van der Waals surface area contributed by atoms with E-state index in [2.05, 4.69) is 0 Å². The molecule has 8 heteroatoms. The van der Waals surface area contributed by atoms with Gasteiger partial charge >= 0.3 is 5.97 Å². The highest BCUT2D eigenvalue weighted by molar-refractivity contribution is 5.95. The lowest BCUT2D eigenvalue weighted by Gasteiger charge is -2.29. The van der Waals surface area contributed by atoms with Crippen LogP contribution in [-0.4, -0.2) is 65.5 Å². The van der Waals surface area contributed by atoms with Gasteiger partial charge in [0, 0.05) is 26.1 Å². The predicted molar refractivity (Wildman–Crippen MR) is 91.5 cm³/mol. The smallest absolute Gasteiger partial charge is 0.323 e. The van der Waals surface area contributed by atoms with E-state index in [1.54, 1.807) is 6.07 Å². The fourth-order valence-corrected chi connectivity index (χ4v) is 3.24. The molecule has 0 radical (unpaired) electrons. The van der Waals surface area contributed by atoms with Gasteiger partial charge in [-0.05, 0) is 31.4 Å². The van der Waals surface area contributed by atoms with Crippen LogP contribution in [0.25, 0.3) is 0 Å². The van der Waals surface area contributed by atoms with E-state index in [1.807, 2.05) is 0 Å². The number of carboxylic acids is 1. The van der Waals surface area contributed by atoms with Gasteiger partial charge in [-0.25, -0.2) is 4.39 Å². The summed E-state index contributed by atoms with van der Waals surface area (Å²) in [6, 6.07) is 4.16. The zero-order chi connectivity index (χ0) is 19.3. The van der Waals surface area contributed by atoms with Crippen LogP contribution in [0.1, 0.15) is 36.5 Å². The summed E-state index contributed by atoms with van der Waals surface area (Å²) in [6.45, 7) is 1.72. The lowest BCUT2D eigenvalue weighted by Crippen LogP contribution is -2.43. The predicted octanol–water partition coefficient (Wildman–Crippen LogP) is 1.76. The summed E-state index contributed by atoms with van der Waals surface area (Å²) in [4.78, 5) is 38.3. The van der Waals surface area contributed by atoms with Gasteiger partial charge in [0.05, 0.1) is 12.7 Å². The van der Waals surface area contributed by atoms with Gasteiger partial charge in [0.2, 0.25) is 5.91 Å². The number of likely N-dealkylation sites (tertiary alicyclic amines) is 1. The van der Waals surface area contributed by atoms with Gasteiger partial charge in [-0.1, -0.05) is 6.07 Å². The van der Waals surface area contributed by atoms with Crippen molar-refractivity contribution in [3.8, 4) is 5.75 Å². The number of aliphatic carboxylic acids is 1. The Labute approximate surface area is 151 Å². The van der Waals surface area contributed by atoms with Crippen molar-refractivity contribution in [2.75, 3.05) is 26.7 Å². The molecule has 0 spiro atoms. The lowest BCUT2D eigenvalue weighted by atomic mass is 10.1. The van der Waals surface area contributed by atoms with Crippen molar-refractivity contribution < 1.29 is 28.6 Å². The van der Waals surface area contributed by atoms with E-state index in [1.165, 1.54) is 36.0 Å². The summed E-state index contributed by atoms with van der Waals surface area (Å²) >= 11 is 0. The van der Waals surface area contributed by atoms with Crippen LogP contribution in [0.5, 0.6) is 5.75 Å². The Morgan fingerprint density at radius 3 is 2.65 bits per heavy atom. The molecule has 0 aromatic heterocycles. The third-order valence-electron chi connectivity index (χ3n) is 4.55. The summed E-state index contributed by atoms with van der Waals surface area (Å²) in [5.74, 6) is -2.51. The highest BCUT2D eigenvalue weighted by atomic mass is 19.1. The van der Waals surface area contributed by atoms with E-state index in [0.29, 0.717) is 32.4 Å². The van der Waals surface area contributed by atoms with Crippen LogP contribution in [0, 0.1) is 5.82 Å². The zero-order valence-corrected chi connectivity index (χ0v) is 14.9. The van der Waals surface area contributed by atoms with Gasteiger partial charge < -0.3 is 19.6 Å². The minimum Gasteiger partial charge on any atom is -0.494 e. The van der Waals surface area contributed by atoms with E-state index in [4.69, 9.17) is 9.84 Å². The Balaban J connectivity index is 2.11. The Hall–Kier alpha value is -2.64. The molecule has 1 aromatic carbocycles. The molecule has 1 saturated heterocycles. The zero-order valence-electron chi connectivity index (χ0n) is 14.9. The molecule has 2 amide bonds. The highest BCUT2D eigenvalue weighted by Crippen LogP contribution is 2.23. The summed E-state index contributed by atoms with van der Waals surface area (Å²) in [7, 11) is 1.34. The number of methoxy groups -OCH3 is 1. The Morgan fingerprint density at radius 2 is 2.04 bits per heavy atom. The van der Waals surface area contributed by atoms with Crippen LogP contribution >= 0.6 is 0 Å². The number of halogens is 1. The molecule has 7 nitrogen and oxygen atoms in total. The SMILES string of the molecule is COc1cccc(C(=O)N2CCCC(N(CC(=O)O)C(C)=O)CC2)c1F. The molecule has 142 valence electrons. The lowest BCUT2D eigenvalue weighted by molar-refractivity contribution is -0.145. The van der Waals surface area contributed by atoms with Gasteiger partial charge in [-0.2, -0.15) is 0 Å². The number of nitrogens with zero attached hydrogens (tertiary/aromatic N) is 2. The van der Waals surface area contributed by atoms with Crippen molar-refractivity contribution in [2.24, 2.45) is 0 Å². The third kappa shape index (κ3) is 4.50. The van der Waals surface area contributed by atoms with Gasteiger partial charge in [0.15, 0.2) is 11.6 Å². The Morgan fingerprint density at radius 1 is 1.31 bits per heavy atom. The average molecular weight is 366 g/mol. The van der Waals surface area contributed by atoms with Gasteiger partial charge in [-0.15, -0.1) is 0 Å². The molecule has 1 unspecified atom stereocenters. The molecular weight excluding hydrogens is 343 g/mol. The second kappa shape index (κ2) is 8.64. The maximum Gasteiger partial charge on any atom is 0.323 e. The molecule has 1 aromatic rings. The van der Waals surface area contributed by atoms with Crippen molar-refractivity contribution in [1.29, 1.82) is 0 Å². The van der Waals surface area contributed by atoms with Crippen LogP contribution in [0.2, 0.25) is 0 Å². The maximum atomic E-state index is 14.3. The number of rotatable bonds is 5. The number of amides is 2. The molecule has 1 fully saturated rings. The van der Waals surface area contributed by atoms with Crippen molar-refractivity contribution in [3.05, 3.63) is 29.6 Å². The molecule has 1 heterocycles. The number of hydrogen-bond acceptors (Lipinski definition) is 4. The second-order valence-electron chi connectivity index (χ2n) is 6.24. The molecular formula is C18H23FN2O5. The van der Waals surface area contributed by atoms with Gasteiger partial charge in [0.25, 0.3) is 5.91 Å². The standard InChI is InChI=1S/C18H23FN2O5/c1-12(22)21(11-16(23)24)13-5-4-9-20(10-8-13)18(25)14-6-3-7-15(26-2)17(14)19/h3,6-7,13H,4-5,8-11H2,1-2H3,(H,23,24). The molecule has 0 aliphatic carbocycles. The number of carbonyl (C=O) groups is 3. The summed E-state index contributed by atoms with van der Waals surface area (Å²) in [6.07, 6.45) is 1.65. The van der Waals surface area contributed by atoms with E-state index in [9.17, 15) is 18.8 Å². The molecule has 1 atom stereocenters. The largest absolute Gasteiger partial charge is 0.494 e. The fourth-order valence-electron chi connectivity index (χ4n) is 3.24. The average Bonchev–Trinajstić information content (AvgIpc) is 2.85. The molecule has 1 aliphatic heterocycles. The monoisotopic (exact) mass is 366 g/mol. The fraction of sp³-hybridized carbons (Fsp3) is 0.500. The van der Waals surface area contributed by atoms with Crippen molar-refractivity contribution in [1.82, 2.24) is 9.80 Å². The molecule has 26 heavy (non-hydrogen) atoms. The minimum absolute atomic E-state index is 0.00719. The van der Waals surface area contributed by atoms with Crippen LogP contribution in [-0.2, 0) is 9.59 Å². The van der Waals surface area contributed by atoms with E-state index >= 15 is 0 Å². The molecule has 2 rings (SSSR count). The van der Waals surface area contributed by atoms with Crippen molar-refractivity contribution >= 4 is 17.8 Å². The van der Waals surface area contributed by atoms with Crippen LogP contribution in [0.15, 0.2) is 18.2 Å². The topological polar surface area (TPSA) is 87.2 Å². The minimum atomic E-state index is -1.07. The van der Waals surface area contributed by atoms with Crippen molar-refractivity contribution in [2.45, 2.75) is 32.2 Å². The first-order valence-electron chi connectivity index (χ1n) is 8.46. The first-order valence-corrected chi connectivity index (χ1v) is 8.46. The number of benzene rings is 1. The van der Waals surface area contributed by atoms with Crippen LogP contribution < -0.4 is 4.74 Å².